The van der Waals surface area contributed by atoms with Crippen molar-refractivity contribution in [2.24, 2.45) is 0 Å². The zero-order valence-corrected chi connectivity index (χ0v) is 10.8. The number of hydrogen-bond acceptors (Lipinski definition) is 1. The standard InChI is InChI=1S/C15H14N2S/c18-15(16-14-8-2-1-3-9-14)17-10-12-6-4-5-7-13(12)11-17/h1-9H,10-11H2,(H,16,18). The van der Waals surface area contributed by atoms with Gasteiger partial charge in [0.2, 0.25) is 0 Å². The fraction of sp³-hybridized carbons (Fsp3) is 0.133. The summed E-state index contributed by atoms with van der Waals surface area (Å²) in [5, 5.41) is 4.07. The van der Waals surface area contributed by atoms with Crippen LogP contribution in [-0.2, 0) is 13.1 Å². The van der Waals surface area contributed by atoms with Gasteiger partial charge < -0.3 is 10.2 Å². The highest BCUT2D eigenvalue weighted by atomic mass is 32.1. The molecule has 1 aliphatic rings. The van der Waals surface area contributed by atoms with E-state index < -0.39 is 0 Å². The van der Waals surface area contributed by atoms with Crippen LogP contribution in [0.15, 0.2) is 54.6 Å². The quantitative estimate of drug-likeness (QED) is 0.785. The third-order valence-electron chi connectivity index (χ3n) is 3.15. The third kappa shape index (κ3) is 2.22. The minimum Gasteiger partial charge on any atom is -0.340 e. The molecule has 1 N–H and O–H groups in total. The molecule has 3 rings (SSSR count). The van der Waals surface area contributed by atoms with Crippen molar-refractivity contribution in [3.05, 3.63) is 65.7 Å². The molecule has 18 heavy (non-hydrogen) atoms. The van der Waals surface area contributed by atoms with E-state index in [1.807, 2.05) is 30.3 Å². The first kappa shape index (κ1) is 11.2. The zero-order chi connectivity index (χ0) is 12.4. The molecule has 2 nitrogen and oxygen atoms in total. The molecule has 3 heteroatoms. The van der Waals surface area contributed by atoms with E-state index in [-0.39, 0.29) is 0 Å². The largest absolute Gasteiger partial charge is 0.340 e. The van der Waals surface area contributed by atoms with E-state index in [2.05, 4.69) is 34.5 Å². The average molecular weight is 254 g/mol. The van der Waals surface area contributed by atoms with Gasteiger partial charge in [0.05, 0.1) is 0 Å². The Hall–Kier alpha value is -1.87. The Morgan fingerprint density at radius 1 is 0.889 bits per heavy atom. The second-order valence-electron chi connectivity index (χ2n) is 4.42. The first-order valence-corrected chi connectivity index (χ1v) is 6.41. The van der Waals surface area contributed by atoms with Crippen LogP contribution in [0, 0.1) is 0 Å². The summed E-state index contributed by atoms with van der Waals surface area (Å²) in [6, 6.07) is 18.5. The number of nitrogens with one attached hydrogen (secondary N) is 1. The lowest BCUT2D eigenvalue weighted by Gasteiger charge is -2.19. The van der Waals surface area contributed by atoms with Crippen molar-refractivity contribution in [1.82, 2.24) is 4.90 Å². The fourth-order valence-electron chi connectivity index (χ4n) is 2.20. The SMILES string of the molecule is S=C(Nc1ccccc1)N1Cc2ccccc2C1. The van der Waals surface area contributed by atoms with E-state index >= 15 is 0 Å². The molecule has 0 saturated heterocycles. The van der Waals surface area contributed by atoms with Gasteiger partial charge in [-0.05, 0) is 35.5 Å². The predicted molar refractivity (Wildman–Crippen MR) is 78.4 cm³/mol. The summed E-state index contributed by atoms with van der Waals surface area (Å²) in [4.78, 5) is 2.19. The number of benzene rings is 2. The summed E-state index contributed by atoms with van der Waals surface area (Å²) in [5.41, 5.74) is 3.78. The molecule has 0 unspecified atom stereocenters. The molecular formula is C15H14N2S. The van der Waals surface area contributed by atoms with Gasteiger partial charge in [0, 0.05) is 18.8 Å². The van der Waals surface area contributed by atoms with Crippen molar-refractivity contribution in [1.29, 1.82) is 0 Å². The maximum Gasteiger partial charge on any atom is 0.174 e. The van der Waals surface area contributed by atoms with Gasteiger partial charge in [0.15, 0.2) is 5.11 Å². The molecule has 0 saturated carbocycles. The molecular weight excluding hydrogens is 240 g/mol. The molecule has 1 heterocycles. The molecule has 0 radical (unpaired) electrons. The number of thiocarbonyl (C=S) groups is 1. The van der Waals surface area contributed by atoms with Crippen LogP contribution >= 0.6 is 12.2 Å². The van der Waals surface area contributed by atoms with Crippen molar-refractivity contribution in [2.45, 2.75) is 13.1 Å². The zero-order valence-electron chi connectivity index (χ0n) is 9.97. The summed E-state index contributed by atoms with van der Waals surface area (Å²) >= 11 is 5.46. The highest BCUT2D eigenvalue weighted by Crippen LogP contribution is 2.23. The molecule has 90 valence electrons. The minimum absolute atomic E-state index is 0.789. The summed E-state index contributed by atoms with van der Waals surface area (Å²) in [7, 11) is 0. The Kier molecular flexibility index (Phi) is 2.99. The van der Waals surface area contributed by atoms with Crippen molar-refractivity contribution >= 4 is 23.0 Å². The second kappa shape index (κ2) is 4.78. The normalized spacial score (nSPS) is 13.2. The van der Waals surface area contributed by atoms with Crippen LogP contribution < -0.4 is 5.32 Å². The molecule has 0 atom stereocenters. The lowest BCUT2D eigenvalue weighted by atomic mass is 10.1. The Morgan fingerprint density at radius 3 is 2.06 bits per heavy atom. The average Bonchev–Trinajstić information content (AvgIpc) is 2.84. The number of nitrogens with zero attached hydrogens (tertiary/aromatic N) is 1. The fourth-order valence-corrected chi connectivity index (χ4v) is 2.45. The summed E-state index contributed by atoms with van der Waals surface area (Å²) < 4.78 is 0. The number of hydrogen-bond donors (Lipinski definition) is 1. The topological polar surface area (TPSA) is 15.3 Å². The van der Waals surface area contributed by atoms with Crippen LogP contribution in [0.5, 0.6) is 0 Å². The Balaban J connectivity index is 1.70. The third-order valence-corrected chi connectivity index (χ3v) is 3.51. The lowest BCUT2D eigenvalue weighted by Crippen LogP contribution is -2.29. The molecule has 0 spiro atoms. The maximum absolute atomic E-state index is 5.46. The van der Waals surface area contributed by atoms with Crippen molar-refractivity contribution in [2.75, 3.05) is 5.32 Å². The van der Waals surface area contributed by atoms with E-state index in [0.29, 0.717) is 0 Å². The molecule has 2 aromatic carbocycles. The monoisotopic (exact) mass is 254 g/mol. The first-order chi connectivity index (χ1) is 8.83. The summed E-state index contributed by atoms with van der Waals surface area (Å²) in [6.07, 6.45) is 0. The van der Waals surface area contributed by atoms with Gasteiger partial charge in [-0.25, -0.2) is 0 Å². The van der Waals surface area contributed by atoms with E-state index in [1.165, 1.54) is 11.1 Å². The van der Waals surface area contributed by atoms with E-state index in [9.17, 15) is 0 Å². The smallest absolute Gasteiger partial charge is 0.174 e. The van der Waals surface area contributed by atoms with E-state index in [1.54, 1.807) is 0 Å². The number of rotatable bonds is 1. The molecule has 0 aromatic heterocycles. The highest BCUT2D eigenvalue weighted by Gasteiger charge is 2.20. The van der Waals surface area contributed by atoms with Crippen LogP contribution in [0.3, 0.4) is 0 Å². The van der Waals surface area contributed by atoms with E-state index in [0.717, 1.165) is 23.9 Å². The number of anilines is 1. The Bertz CT molecular complexity index is 541. The van der Waals surface area contributed by atoms with Crippen LogP contribution in [-0.4, -0.2) is 10.0 Å². The predicted octanol–water partition coefficient (Wildman–Crippen LogP) is 3.40. The van der Waals surface area contributed by atoms with Crippen LogP contribution in [0.1, 0.15) is 11.1 Å². The van der Waals surface area contributed by atoms with Gasteiger partial charge in [-0.3, -0.25) is 0 Å². The minimum atomic E-state index is 0.789. The van der Waals surface area contributed by atoms with Crippen molar-refractivity contribution < 1.29 is 0 Å². The van der Waals surface area contributed by atoms with Crippen LogP contribution in [0.4, 0.5) is 5.69 Å². The van der Waals surface area contributed by atoms with Crippen LogP contribution in [0.25, 0.3) is 0 Å². The first-order valence-electron chi connectivity index (χ1n) is 6.01. The van der Waals surface area contributed by atoms with Gasteiger partial charge in [0.1, 0.15) is 0 Å². The molecule has 2 aromatic rings. The van der Waals surface area contributed by atoms with Gasteiger partial charge >= 0.3 is 0 Å². The summed E-state index contributed by atoms with van der Waals surface area (Å²) in [6.45, 7) is 1.80. The molecule has 1 aliphatic heterocycles. The van der Waals surface area contributed by atoms with Gasteiger partial charge in [0.25, 0.3) is 0 Å². The molecule has 0 aliphatic carbocycles. The van der Waals surface area contributed by atoms with Gasteiger partial charge in [-0.15, -0.1) is 0 Å². The molecule has 0 fully saturated rings. The van der Waals surface area contributed by atoms with Crippen molar-refractivity contribution in [3.8, 4) is 0 Å². The highest BCUT2D eigenvalue weighted by molar-refractivity contribution is 7.80. The Labute approximate surface area is 112 Å². The molecule has 0 bridgehead atoms. The second-order valence-corrected chi connectivity index (χ2v) is 4.81. The summed E-state index contributed by atoms with van der Waals surface area (Å²) in [5.74, 6) is 0. The van der Waals surface area contributed by atoms with Gasteiger partial charge in [-0.1, -0.05) is 42.5 Å². The maximum atomic E-state index is 5.46. The van der Waals surface area contributed by atoms with Crippen molar-refractivity contribution in [3.63, 3.8) is 0 Å². The van der Waals surface area contributed by atoms with Gasteiger partial charge in [-0.2, -0.15) is 0 Å². The van der Waals surface area contributed by atoms with E-state index in [4.69, 9.17) is 12.2 Å². The van der Waals surface area contributed by atoms with Crippen LogP contribution in [0.2, 0.25) is 0 Å². The Morgan fingerprint density at radius 2 is 1.44 bits per heavy atom. The number of fused-ring (bicyclic) bond motifs is 1. The lowest BCUT2D eigenvalue weighted by molar-refractivity contribution is 0.455. The molecule has 0 amide bonds. The number of para-hydroxylation sites is 1.